The predicted molar refractivity (Wildman–Crippen MR) is 152 cm³/mol. The van der Waals surface area contributed by atoms with E-state index in [0.717, 1.165) is 37.6 Å². The number of anilines is 2. The Labute approximate surface area is 228 Å². The van der Waals surface area contributed by atoms with Crippen LogP contribution in [-0.4, -0.2) is 70.4 Å². The molecule has 1 amide bonds. The van der Waals surface area contributed by atoms with Crippen LogP contribution in [0.25, 0.3) is 10.8 Å². The van der Waals surface area contributed by atoms with Gasteiger partial charge in [0, 0.05) is 67.8 Å². The topological polar surface area (TPSA) is 79.6 Å². The molecule has 1 fully saturated rings. The zero-order chi connectivity index (χ0) is 26.8. The number of allylic oxidation sites excluding steroid dienone is 1. The number of hydrogen-bond donors (Lipinski definition) is 0. The first-order valence-corrected chi connectivity index (χ1v) is 13.5. The van der Waals surface area contributed by atoms with Gasteiger partial charge in [-0.2, -0.15) is 15.1 Å². The average molecular weight is 524 g/mol. The van der Waals surface area contributed by atoms with Gasteiger partial charge in [0.2, 0.25) is 5.91 Å². The number of piperazine rings is 1. The van der Waals surface area contributed by atoms with Crippen molar-refractivity contribution in [3.8, 4) is 6.01 Å². The second-order valence-corrected chi connectivity index (χ2v) is 10.0. The van der Waals surface area contributed by atoms with Gasteiger partial charge < -0.3 is 19.4 Å². The summed E-state index contributed by atoms with van der Waals surface area (Å²) in [4.78, 5) is 28.9. The number of nitrogens with zero attached hydrogens (tertiary/aromatic N) is 7. The summed E-state index contributed by atoms with van der Waals surface area (Å²) < 4.78 is 7.32. The number of benzene rings is 2. The molecule has 0 atom stereocenters. The van der Waals surface area contributed by atoms with E-state index < -0.39 is 0 Å². The van der Waals surface area contributed by atoms with Crippen molar-refractivity contribution in [3.63, 3.8) is 0 Å². The lowest BCUT2D eigenvalue weighted by Gasteiger charge is -2.38. The summed E-state index contributed by atoms with van der Waals surface area (Å²) in [5.74, 6) is 0.969. The van der Waals surface area contributed by atoms with Crippen molar-refractivity contribution in [2.24, 2.45) is 0 Å². The van der Waals surface area contributed by atoms with E-state index in [0.29, 0.717) is 32.2 Å². The lowest BCUT2D eigenvalue weighted by atomic mass is 9.99. The maximum absolute atomic E-state index is 12.7. The van der Waals surface area contributed by atoms with Crippen molar-refractivity contribution in [2.75, 3.05) is 49.6 Å². The summed E-state index contributed by atoms with van der Waals surface area (Å²) in [5, 5.41) is 6.71. The Bertz CT molecular complexity index is 1500. The van der Waals surface area contributed by atoms with Crippen molar-refractivity contribution < 1.29 is 9.53 Å². The summed E-state index contributed by atoms with van der Waals surface area (Å²) in [6.07, 6.45) is 7.98. The number of fused-ring (bicyclic) bond motifs is 2. The number of ether oxygens (including phenoxy) is 1. The highest BCUT2D eigenvalue weighted by Gasteiger charge is 2.29. The quantitative estimate of drug-likeness (QED) is 0.357. The molecule has 0 spiro atoms. The van der Waals surface area contributed by atoms with Crippen LogP contribution in [0.2, 0.25) is 0 Å². The largest absolute Gasteiger partial charge is 0.467 e. The summed E-state index contributed by atoms with van der Waals surface area (Å²) in [5.41, 5.74) is 4.71. The molecule has 6 rings (SSSR count). The molecule has 0 aliphatic carbocycles. The van der Waals surface area contributed by atoms with E-state index in [2.05, 4.69) is 58.2 Å². The second kappa shape index (κ2) is 10.8. The lowest BCUT2D eigenvalue weighted by molar-refractivity contribution is -0.126. The summed E-state index contributed by atoms with van der Waals surface area (Å²) in [6.45, 7) is 7.08. The molecule has 2 aliphatic heterocycles. The minimum atomic E-state index is 0.0325. The van der Waals surface area contributed by atoms with Gasteiger partial charge in [0.1, 0.15) is 5.82 Å². The molecule has 0 saturated carbocycles. The molecule has 9 nitrogen and oxygen atoms in total. The molecule has 2 aromatic carbocycles. The molecule has 4 heterocycles. The molecule has 39 heavy (non-hydrogen) atoms. The van der Waals surface area contributed by atoms with Gasteiger partial charge in [0.15, 0.2) is 0 Å². The fraction of sp³-hybridized carbons (Fsp3) is 0.333. The van der Waals surface area contributed by atoms with Crippen LogP contribution in [0.15, 0.2) is 67.0 Å². The van der Waals surface area contributed by atoms with Crippen LogP contribution in [0.4, 0.5) is 11.5 Å². The van der Waals surface area contributed by atoms with Crippen LogP contribution >= 0.6 is 0 Å². The van der Waals surface area contributed by atoms with Crippen molar-refractivity contribution in [1.29, 1.82) is 0 Å². The molecular formula is C30H33N7O2. The molecular weight excluding hydrogens is 490 g/mol. The van der Waals surface area contributed by atoms with E-state index in [-0.39, 0.29) is 5.91 Å². The van der Waals surface area contributed by atoms with E-state index in [1.54, 1.807) is 24.1 Å². The SMILES string of the molecule is COc1nc2c(c(N3CCN(C(=O)/C=C/Cn4cccn4)CC3)n1)CCN(c1cccc3cccc(C)c13)C2. The maximum Gasteiger partial charge on any atom is 0.318 e. The number of methoxy groups -OCH3 is 1. The zero-order valence-corrected chi connectivity index (χ0v) is 22.5. The maximum atomic E-state index is 12.7. The van der Waals surface area contributed by atoms with Gasteiger partial charge in [0.25, 0.3) is 0 Å². The highest BCUT2D eigenvalue weighted by atomic mass is 16.5. The Morgan fingerprint density at radius 2 is 1.82 bits per heavy atom. The number of amides is 1. The third-order valence-electron chi connectivity index (χ3n) is 7.64. The van der Waals surface area contributed by atoms with Crippen LogP contribution in [0, 0.1) is 6.92 Å². The Kier molecular flexibility index (Phi) is 6.87. The van der Waals surface area contributed by atoms with Gasteiger partial charge in [-0.05, 0) is 36.4 Å². The summed E-state index contributed by atoms with van der Waals surface area (Å²) in [7, 11) is 1.62. The Balaban J connectivity index is 1.18. The smallest absolute Gasteiger partial charge is 0.318 e. The van der Waals surface area contributed by atoms with Crippen LogP contribution in [0.3, 0.4) is 0 Å². The molecule has 1 saturated heterocycles. The first kappa shape index (κ1) is 24.9. The molecule has 0 unspecified atom stereocenters. The molecule has 0 radical (unpaired) electrons. The zero-order valence-electron chi connectivity index (χ0n) is 22.5. The fourth-order valence-electron chi connectivity index (χ4n) is 5.63. The van der Waals surface area contributed by atoms with Crippen LogP contribution < -0.4 is 14.5 Å². The number of aryl methyl sites for hydroxylation is 1. The lowest BCUT2D eigenvalue weighted by Crippen LogP contribution is -2.49. The van der Waals surface area contributed by atoms with Gasteiger partial charge in [-0.15, -0.1) is 0 Å². The van der Waals surface area contributed by atoms with E-state index >= 15 is 0 Å². The normalized spacial score (nSPS) is 15.7. The first-order chi connectivity index (χ1) is 19.1. The second-order valence-electron chi connectivity index (χ2n) is 10.0. The van der Waals surface area contributed by atoms with E-state index in [1.165, 1.54) is 27.6 Å². The van der Waals surface area contributed by atoms with E-state index in [1.807, 2.05) is 23.2 Å². The summed E-state index contributed by atoms with van der Waals surface area (Å²) in [6, 6.07) is 15.2. The number of carbonyl (C=O) groups is 1. The average Bonchev–Trinajstić information content (AvgIpc) is 3.50. The highest BCUT2D eigenvalue weighted by Crippen LogP contribution is 2.35. The number of hydrogen-bond acceptors (Lipinski definition) is 7. The van der Waals surface area contributed by atoms with Gasteiger partial charge in [-0.25, -0.2) is 0 Å². The van der Waals surface area contributed by atoms with Gasteiger partial charge in [0.05, 0.1) is 25.9 Å². The Morgan fingerprint density at radius 3 is 2.59 bits per heavy atom. The first-order valence-electron chi connectivity index (χ1n) is 13.5. The fourth-order valence-corrected chi connectivity index (χ4v) is 5.63. The molecule has 0 bridgehead atoms. The third kappa shape index (κ3) is 5.04. The van der Waals surface area contributed by atoms with Crippen molar-refractivity contribution >= 4 is 28.2 Å². The minimum Gasteiger partial charge on any atom is -0.467 e. The predicted octanol–water partition coefficient (Wildman–Crippen LogP) is 3.61. The molecule has 0 N–H and O–H groups in total. The Hall–Kier alpha value is -4.40. The standard InChI is InChI=1S/C30H33N7O2/c1-22-7-3-8-23-9-4-10-26(28(22)23)36-16-12-24-25(21-36)32-30(39-2)33-29(24)35-19-17-34(18-20-35)27(38)11-5-14-37-15-6-13-31-37/h3-11,13,15H,12,14,16-21H2,1-2H3/b11-5+. The molecule has 200 valence electrons. The van der Waals surface area contributed by atoms with Crippen molar-refractivity contribution in [1.82, 2.24) is 24.6 Å². The van der Waals surface area contributed by atoms with Gasteiger partial charge in [-0.1, -0.05) is 36.4 Å². The number of carbonyl (C=O) groups excluding carboxylic acids is 1. The highest BCUT2D eigenvalue weighted by molar-refractivity contribution is 5.97. The minimum absolute atomic E-state index is 0.0325. The van der Waals surface area contributed by atoms with E-state index in [9.17, 15) is 4.79 Å². The number of rotatable bonds is 6. The monoisotopic (exact) mass is 523 g/mol. The molecule has 4 aromatic rings. The Morgan fingerprint density at radius 1 is 1.00 bits per heavy atom. The van der Waals surface area contributed by atoms with Crippen LogP contribution in [-0.2, 0) is 24.3 Å². The van der Waals surface area contributed by atoms with Crippen molar-refractivity contribution in [2.45, 2.75) is 26.4 Å². The molecule has 2 aliphatic rings. The third-order valence-corrected chi connectivity index (χ3v) is 7.64. The molecule has 9 heteroatoms. The van der Waals surface area contributed by atoms with Gasteiger partial charge in [-0.3, -0.25) is 9.48 Å². The van der Waals surface area contributed by atoms with Crippen LogP contribution in [0.5, 0.6) is 6.01 Å². The number of aromatic nitrogens is 4. The summed E-state index contributed by atoms with van der Waals surface area (Å²) >= 11 is 0. The van der Waals surface area contributed by atoms with E-state index in [4.69, 9.17) is 14.7 Å². The van der Waals surface area contributed by atoms with Crippen LogP contribution in [0.1, 0.15) is 16.8 Å². The van der Waals surface area contributed by atoms with Gasteiger partial charge >= 0.3 is 6.01 Å². The molecule has 2 aromatic heterocycles. The van der Waals surface area contributed by atoms with Crippen molar-refractivity contribution in [3.05, 3.63) is 83.8 Å².